The lowest BCUT2D eigenvalue weighted by Gasteiger charge is -2.19. The van der Waals surface area contributed by atoms with E-state index in [1.54, 1.807) is 6.20 Å². The molecule has 1 rings (SSSR count). The molecule has 0 radical (unpaired) electrons. The molecule has 0 fully saturated rings. The van der Waals surface area contributed by atoms with Crippen molar-refractivity contribution in [3.05, 3.63) is 18.2 Å². The van der Waals surface area contributed by atoms with Gasteiger partial charge in [-0.2, -0.15) is 0 Å². The van der Waals surface area contributed by atoms with Crippen molar-refractivity contribution >= 4 is 11.9 Å². The number of rotatable bonds is 9. The van der Waals surface area contributed by atoms with Crippen molar-refractivity contribution in [3.8, 4) is 0 Å². The Morgan fingerprint density at radius 3 is 2.45 bits per heavy atom. The molecule has 1 amide bonds. The molecule has 0 spiro atoms. The first kappa shape index (κ1) is 16.2. The maximum atomic E-state index is 12.2. The molecule has 112 valence electrons. The molecular weight excluding hydrogens is 258 g/mol. The fraction of sp³-hybridized carbons (Fsp3) is 0.643. The van der Waals surface area contributed by atoms with Gasteiger partial charge >= 0.3 is 5.97 Å². The van der Waals surface area contributed by atoms with Crippen LogP contribution in [-0.2, 0) is 16.0 Å². The highest BCUT2D eigenvalue weighted by Gasteiger charge is 2.24. The number of imidazole rings is 1. The summed E-state index contributed by atoms with van der Waals surface area (Å²) in [6.07, 6.45) is 6.68. The van der Waals surface area contributed by atoms with Crippen LogP contribution in [0, 0.1) is 5.92 Å². The Hall–Kier alpha value is -1.85. The van der Waals surface area contributed by atoms with Gasteiger partial charge in [0, 0.05) is 24.2 Å². The predicted octanol–water partition coefficient (Wildman–Crippen LogP) is 1.74. The molecule has 1 aromatic heterocycles. The van der Waals surface area contributed by atoms with E-state index < -0.39 is 12.0 Å². The summed E-state index contributed by atoms with van der Waals surface area (Å²) in [6.45, 7) is 4.05. The summed E-state index contributed by atoms with van der Waals surface area (Å²) in [7, 11) is 0. The van der Waals surface area contributed by atoms with E-state index in [1.165, 1.54) is 6.33 Å². The van der Waals surface area contributed by atoms with Crippen LogP contribution in [0.2, 0.25) is 0 Å². The molecule has 0 aliphatic heterocycles. The average molecular weight is 281 g/mol. The molecule has 0 aliphatic carbocycles. The van der Waals surface area contributed by atoms with Crippen molar-refractivity contribution in [2.45, 2.75) is 52.0 Å². The van der Waals surface area contributed by atoms with Gasteiger partial charge in [0.15, 0.2) is 0 Å². The SMILES string of the molecule is CCCC(CCC)C(=O)N[C@H](Cc1cnc[nH]1)C(=O)O. The van der Waals surface area contributed by atoms with E-state index >= 15 is 0 Å². The minimum Gasteiger partial charge on any atom is -0.480 e. The highest BCUT2D eigenvalue weighted by molar-refractivity contribution is 5.85. The Labute approximate surface area is 119 Å². The lowest BCUT2D eigenvalue weighted by molar-refractivity contribution is -0.142. The van der Waals surface area contributed by atoms with E-state index in [1.807, 2.05) is 13.8 Å². The Morgan fingerprint density at radius 2 is 2.00 bits per heavy atom. The number of nitrogens with one attached hydrogen (secondary N) is 2. The Balaban J connectivity index is 2.64. The number of hydrogen-bond donors (Lipinski definition) is 3. The summed E-state index contributed by atoms with van der Waals surface area (Å²) < 4.78 is 0. The fourth-order valence-corrected chi connectivity index (χ4v) is 2.21. The fourth-order valence-electron chi connectivity index (χ4n) is 2.21. The molecule has 0 unspecified atom stereocenters. The number of nitrogens with zero attached hydrogens (tertiary/aromatic N) is 1. The van der Waals surface area contributed by atoms with Crippen molar-refractivity contribution in [1.82, 2.24) is 15.3 Å². The lowest BCUT2D eigenvalue weighted by atomic mass is 9.96. The minimum atomic E-state index is -1.03. The van der Waals surface area contributed by atoms with E-state index in [-0.39, 0.29) is 18.2 Å². The zero-order valence-electron chi connectivity index (χ0n) is 12.1. The number of hydrogen-bond acceptors (Lipinski definition) is 3. The van der Waals surface area contributed by atoms with E-state index in [0.717, 1.165) is 25.7 Å². The number of carbonyl (C=O) groups excluding carboxylic acids is 1. The number of carboxylic acid groups (broad SMARTS) is 1. The zero-order chi connectivity index (χ0) is 15.0. The standard InChI is InChI=1S/C14H23N3O3/c1-3-5-10(6-4-2)13(18)17-12(14(19)20)7-11-8-15-9-16-11/h8-10,12H,3-7H2,1-2H3,(H,15,16)(H,17,18)(H,19,20)/t12-/m1/s1. The number of aliphatic carboxylic acids is 1. The van der Waals surface area contributed by atoms with Crippen LogP contribution in [0.1, 0.15) is 45.2 Å². The second-order valence-corrected chi connectivity index (χ2v) is 4.95. The molecule has 0 saturated carbocycles. The van der Waals surface area contributed by atoms with Crippen LogP contribution in [-0.4, -0.2) is 33.0 Å². The van der Waals surface area contributed by atoms with Crippen molar-refractivity contribution < 1.29 is 14.7 Å². The summed E-state index contributed by atoms with van der Waals surface area (Å²) in [5, 5.41) is 11.9. The van der Waals surface area contributed by atoms with Gasteiger partial charge in [-0.15, -0.1) is 0 Å². The first-order valence-corrected chi connectivity index (χ1v) is 7.08. The number of carboxylic acids is 1. The van der Waals surface area contributed by atoms with Gasteiger partial charge in [-0.05, 0) is 12.8 Å². The van der Waals surface area contributed by atoms with Gasteiger partial charge in [-0.1, -0.05) is 26.7 Å². The lowest BCUT2D eigenvalue weighted by Crippen LogP contribution is -2.45. The van der Waals surface area contributed by atoms with Gasteiger partial charge in [-0.25, -0.2) is 9.78 Å². The van der Waals surface area contributed by atoms with E-state index in [2.05, 4.69) is 15.3 Å². The highest BCUT2D eigenvalue weighted by atomic mass is 16.4. The van der Waals surface area contributed by atoms with Crippen LogP contribution in [0.25, 0.3) is 0 Å². The smallest absolute Gasteiger partial charge is 0.326 e. The van der Waals surface area contributed by atoms with Gasteiger partial charge in [-0.3, -0.25) is 4.79 Å². The number of carbonyl (C=O) groups is 2. The third kappa shape index (κ3) is 5.03. The normalized spacial score (nSPS) is 12.3. The maximum absolute atomic E-state index is 12.2. The molecule has 0 aliphatic rings. The van der Waals surface area contributed by atoms with Crippen LogP contribution in [0.15, 0.2) is 12.5 Å². The quantitative estimate of drug-likeness (QED) is 0.642. The number of amides is 1. The molecule has 0 bridgehead atoms. The van der Waals surface area contributed by atoms with Gasteiger partial charge in [0.25, 0.3) is 0 Å². The third-order valence-electron chi connectivity index (χ3n) is 3.24. The number of aromatic nitrogens is 2. The van der Waals surface area contributed by atoms with Crippen molar-refractivity contribution in [3.63, 3.8) is 0 Å². The van der Waals surface area contributed by atoms with Gasteiger partial charge in [0.05, 0.1) is 6.33 Å². The highest BCUT2D eigenvalue weighted by Crippen LogP contribution is 2.14. The molecule has 3 N–H and O–H groups in total. The van der Waals surface area contributed by atoms with E-state index in [0.29, 0.717) is 5.69 Å². The zero-order valence-corrected chi connectivity index (χ0v) is 12.1. The second-order valence-electron chi connectivity index (χ2n) is 4.95. The summed E-state index contributed by atoms with van der Waals surface area (Å²) in [5.41, 5.74) is 0.695. The third-order valence-corrected chi connectivity index (χ3v) is 3.24. The monoisotopic (exact) mass is 281 g/mol. The molecule has 1 heterocycles. The second kappa shape index (κ2) is 8.35. The molecule has 6 nitrogen and oxygen atoms in total. The average Bonchev–Trinajstić information content (AvgIpc) is 2.90. The largest absolute Gasteiger partial charge is 0.480 e. The van der Waals surface area contributed by atoms with Crippen LogP contribution >= 0.6 is 0 Å². The molecule has 20 heavy (non-hydrogen) atoms. The summed E-state index contributed by atoms with van der Waals surface area (Å²) in [4.78, 5) is 30.1. The molecule has 6 heteroatoms. The van der Waals surface area contributed by atoms with Crippen LogP contribution in [0.3, 0.4) is 0 Å². The molecular formula is C14H23N3O3. The van der Waals surface area contributed by atoms with Crippen LogP contribution in [0.5, 0.6) is 0 Å². The first-order chi connectivity index (χ1) is 9.58. The van der Waals surface area contributed by atoms with E-state index in [9.17, 15) is 14.7 Å². The Kier molecular flexibility index (Phi) is 6.76. The predicted molar refractivity (Wildman–Crippen MR) is 75.2 cm³/mol. The minimum absolute atomic E-state index is 0.103. The van der Waals surface area contributed by atoms with E-state index in [4.69, 9.17) is 0 Å². The first-order valence-electron chi connectivity index (χ1n) is 7.08. The summed E-state index contributed by atoms with van der Waals surface area (Å²) in [6, 6.07) is -0.917. The Bertz CT molecular complexity index is 411. The molecule has 1 atom stereocenters. The van der Waals surface area contributed by atoms with Crippen LogP contribution < -0.4 is 5.32 Å². The topological polar surface area (TPSA) is 95.1 Å². The van der Waals surface area contributed by atoms with Gasteiger partial charge in [0.1, 0.15) is 6.04 Å². The summed E-state index contributed by atoms with van der Waals surface area (Å²) >= 11 is 0. The Morgan fingerprint density at radius 1 is 1.35 bits per heavy atom. The number of H-pyrrole nitrogens is 1. The molecule has 1 aromatic rings. The molecule has 0 saturated heterocycles. The van der Waals surface area contributed by atoms with Crippen molar-refractivity contribution in [2.24, 2.45) is 5.92 Å². The molecule has 0 aromatic carbocycles. The van der Waals surface area contributed by atoms with Crippen molar-refractivity contribution in [2.75, 3.05) is 0 Å². The van der Waals surface area contributed by atoms with Gasteiger partial charge < -0.3 is 15.4 Å². The number of aromatic amines is 1. The van der Waals surface area contributed by atoms with Crippen molar-refractivity contribution in [1.29, 1.82) is 0 Å². The van der Waals surface area contributed by atoms with Gasteiger partial charge in [0.2, 0.25) is 5.91 Å². The maximum Gasteiger partial charge on any atom is 0.326 e. The summed E-state index contributed by atoms with van der Waals surface area (Å²) in [5.74, 6) is -1.30. The van der Waals surface area contributed by atoms with Crippen LogP contribution in [0.4, 0.5) is 0 Å².